The van der Waals surface area contributed by atoms with Gasteiger partial charge in [0.2, 0.25) is 5.82 Å². The van der Waals surface area contributed by atoms with Gasteiger partial charge in [-0.1, -0.05) is 0 Å². The molecule has 0 aliphatic heterocycles. The molecule has 2 rings (SSSR count). The van der Waals surface area contributed by atoms with Gasteiger partial charge in [0.15, 0.2) is 0 Å². The molecule has 0 amide bonds. The molecule has 21 heavy (non-hydrogen) atoms. The number of phenols is 1. The van der Waals surface area contributed by atoms with E-state index in [9.17, 15) is 13.5 Å². The number of allylic oxidation sites excluding steroid dienone is 1. The molecule has 0 saturated heterocycles. The first-order valence-corrected chi connectivity index (χ1v) is 6.77. The predicted octanol–water partition coefficient (Wildman–Crippen LogP) is 0.129. The van der Waals surface area contributed by atoms with Crippen molar-refractivity contribution in [3.8, 4) is 11.8 Å². The van der Waals surface area contributed by atoms with Crippen LogP contribution in [-0.2, 0) is 10.1 Å². The average Bonchev–Trinajstić information content (AvgIpc) is 2.94. The zero-order valence-corrected chi connectivity index (χ0v) is 11.0. The van der Waals surface area contributed by atoms with Gasteiger partial charge in [0.05, 0.1) is 10.6 Å². The Morgan fingerprint density at radius 2 is 2.24 bits per heavy atom. The molecule has 108 valence electrons. The standard InChI is InChI=1S/C10H8N6O4S/c11-4-6(10-13-15-16-14-10)5-12-8-2-1-7(3-9(8)17)21(18,19)20/h1-3,5,12,17H,(H,18,19,20)(H,13,14,15,16). The lowest BCUT2D eigenvalue weighted by molar-refractivity contribution is 0.468. The van der Waals surface area contributed by atoms with E-state index in [0.29, 0.717) is 0 Å². The van der Waals surface area contributed by atoms with Crippen molar-refractivity contribution < 1.29 is 18.1 Å². The third-order valence-electron chi connectivity index (χ3n) is 2.35. The summed E-state index contributed by atoms with van der Waals surface area (Å²) >= 11 is 0. The van der Waals surface area contributed by atoms with E-state index in [2.05, 4.69) is 25.9 Å². The monoisotopic (exact) mass is 308 g/mol. The second kappa shape index (κ2) is 5.57. The number of H-pyrrole nitrogens is 1. The Kier molecular flexibility index (Phi) is 3.83. The number of nitrogens with one attached hydrogen (secondary N) is 2. The maximum Gasteiger partial charge on any atom is 0.294 e. The van der Waals surface area contributed by atoms with Crippen LogP contribution in [0.15, 0.2) is 29.3 Å². The van der Waals surface area contributed by atoms with Crippen LogP contribution in [0.5, 0.6) is 5.75 Å². The van der Waals surface area contributed by atoms with Crippen molar-refractivity contribution in [3.05, 3.63) is 30.2 Å². The molecule has 1 aromatic carbocycles. The highest BCUT2D eigenvalue weighted by Crippen LogP contribution is 2.26. The fourth-order valence-corrected chi connectivity index (χ4v) is 1.87. The normalized spacial score (nSPS) is 11.9. The van der Waals surface area contributed by atoms with E-state index in [4.69, 9.17) is 9.81 Å². The summed E-state index contributed by atoms with van der Waals surface area (Å²) in [6.07, 6.45) is 1.22. The van der Waals surface area contributed by atoms with Gasteiger partial charge in [0.25, 0.3) is 10.1 Å². The van der Waals surface area contributed by atoms with Crippen LogP contribution >= 0.6 is 0 Å². The Hall–Kier alpha value is -2.97. The first-order chi connectivity index (χ1) is 9.91. The lowest BCUT2D eigenvalue weighted by Gasteiger charge is -2.05. The fraction of sp³-hybridized carbons (Fsp3) is 0. The van der Waals surface area contributed by atoms with E-state index in [0.717, 1.165) is 12.1 Å². The molecule has 1 aromatic heterocycles. The fourth-order valence-electron chi connectivity index (χ4n) is 1.37. The van der Waals surface area contributed by atoms with Gasteiger partial charge in [-0.2, -0.15) is 18.9 Å². The Morgan fingerprint density at radius 1 is 1.48 bits per heavy atom. The second-order valence-electron chi connectivity index (χ2n) is 3.70. The number of aromatic nitrogens is 4. The molecule has 0 saturated carbocycles. The lowest BCUT2D eigenvalue weighted by Crippen LogP contribution is -1.99. The second-order valence-corrected chi connectivity index (χ2v) is 5.13. The molecule has 0 spiro atoms. The van der Waals surface area contributed by atoms with Crippen LogP contribution in [0, 0.1) is 11.3 Å². The third kappa shape index (κ3) is 3.32. The molecule has 0 aliphatic carbocycles. The van der Waals surface area contributed by atoms with Crippen molar-refractivity contribution in [1.82, 2.24) is 20.6 Å². The molecule has 0 aliphatic rings. The van der Waals surface area contributed by atoms with Crippen LogP contribution < -0.4 is 5.32 Å². The Labute approximate surface area is 118 Å². The Balaban J connectivity index is 2.27. The van der Waals surface area contributed by atoms with Gasteiger partial charge in [0.1, 0.15) is 17.4 Å². The molecule has 0 radical (unpaired) electrons. The summed E-state index contributed by atoms with van der Waals surface area (Å²) in [6.45, 7) is 0. The van der Waals surface area contributed by atoms with Gasteiger partial charge in [-0.25, -0.2) is 0 Å². The van der Waals surface area contributed by atoms with E-state index < -0.39 is 20.8 Å². The van der Waals surface area contributed by atoms with Crippen LogP contribution in [0.25, 0.3) is 5.57 Å². The molecule has 0 bridgehead atoms. The van der Waals surface area contributed by atoms with Gasteiger partial charge < -0.3 is 10.4 Å². The highest BCUT2D eigenvalue weighted by atomic mass is 32.2. The third-order valence-corrected chi connectivity index (χ3v) is 3.20. The maximum absolute atomic E-state index is 10.9. The summed E-state index contributed by atoms with van der Waals surface area (Å²) < 4.78 is 30.7. The number of hydrogen-bond donors (Lipinski definition) is 4. The SMILES string of the molecule is N#CC(=CNc1ccc(S(=O)(=O)O)cc1O)c1nn[nH]n1. The Bertz CT molecular complexity index is 822. The van der Waals surface area contributed by atoms with Crippen molar-refractivity contribution in [1.29, 1.82) is 5.26 Å². The minimum Gasteiger partial charge on any atom is -0.506 e. The maximum atomic E-state index is 10.9. The zero-order valence-electron chi connectivity index (χ0n) is 10.2. The molecular formula is C10H8N6O4S. The topological polar surface area (TPSA) is 165 Å². The molecular weight excluding hydrogens is 300 g/mol. The molecule has 0 fully saturated rings. The van der Waals surface area contributed by atoms with Gasteiger partial charge in [-0.15, -0.1) is 10.2 Å². The Morgan fingerprint density at radius 3 is 2.76 bits per heavy atom. The van der Waals surface area contributed by atoms with Crippen LogP contribution in [0.1, 0.15) is 5.82 Å². The zero-order chi connectivity index (χ0) is 15.5. The van der Waals surface area contributed by atoms with E-state index in [1.807, 2.05) is 6.07 Å². The predicted molar refractivity (Wildman–Crippen MR) is 69.3 cm³/mol. The summed E-state index contributed by atoms with van der Waals surface area (Å²) in [5, 5.41) is 33.9. The molecule has 0 unspecified atom stereocenters. The summed E-state index contributed by atoms with van der Waals surface area (Å²) in [7, 11) is -4.40. The molecule has 4 N–H and O–H groups in total. The largest absolute Gasteiger partial charge is 0.506 e. The number of benzene rings is 1. The number of nitrogens with zero attached hydrogens (tertiary/aromatic N) is 4. The van der Waals surface area contributed by atoms with Crippen LogP contribution in [0.3, 0.4) is 0 Å². The number of hydrogen-bond acceptors (Lipinski definition) is 8. The van der Waals surface area contributed by atoms with Crippen molar-refractivity contribution in [3.63, 3.8) is 0 Å². The van der Waals surface area contributed by atoms with Gasteiger partial charge in [-0.3, -0.25) is 4.55 Å². The number of rotatable bonds is 4. The molecule has 0 atom stereocenters. The summed E-state index contributed by atoms with van der Waals surface area (Å²) in [5.41, 5.74) is 0.167. The van der Waals surface area contributed by atoms with Crippen LogP contribution in [0.4, 0.5) is 5.69 Å². The molecule has 2 aromatic rings. The number of aromatic amines is 1. The number of nitriles is 1. The summed E-state index contributed by atoms with van der Waals surface area (Å²) in [5.74, 6) is -0.370. The smallest absolute Gasteiger partial charge is 0.294 e. The van der Waals surface area contributed by atoms with E-state index in [1.54, 1.807) is 0 Å². The quantitative estimate of drug-likeness (QED) is 0.349. The van der Waals surface area contributed by atoms with Crippen molar-refractivity contribution >= 4 is 21.4 Å². The van der Waals surface area contributed by atoms with E-state index >= 15 is 0 Å². The minimum atomic E-state index is -4.40. The van der Waals surface area contributed by atoms with Gasteiger partial charge in [-0.05, 0) is 17.3 Å². The number of aromatic hydroxyl groups is 1. The summed E-state index contributed by atoms with van der Waals surface area (Å²) in [6, 6.07) is 5.00. The summed E-state index contributed by atoms with van der Waals surface area (Å²) in [4.78, 5) is -0.451. The van der Waals surface area contributed by atoms with E-state index in [-0.39, 0.29) is 17.1 Å². The number of phenolic OH excluding ortho intramolecular Hbond substituents is 1. The molecule has 11 heteroatoms. The minimum absolute atomic E-state index is 0.0435. The highest BCUT2D eigenvalue weighted by molar-refractivity contribution is 7.85. The van der Waals surface area contributed by atoms with Crippen molar-refractivity contribution in [2.75, 3.05) is 5.32 Å². The molecule has 10 nitrogen and oxygen atoms in total. The van der Waals surface area contributed by atoms with Crippen molar-refractivity contribution in [2.45, 2.75) is 4.90 Å². The first kappa shape index (κ1) is 14.4. The first-order valence-electron chi connectivity index (χ1n) is 5.33. The number of tetrazole rings is 1. The van der Waals surface area contributed by atoms with Crippen LogP contribution in [0.2, 0.25) is 0 Å². The molecule has 1 heterocycles. The number of anilines is 1. The lowest BCUT2D eigenvalue weighted by atomic mass is 10.2. The van der Waals surface area contributed by atoms with Gasteiger partial charge in [0, 0.05) is 12.3 Å². The van der Waals surface area contributed by atoms with E-state index in [1.165, 1.54) is 12.3 Å². The van der Waals surface area contributed by atoms with Crippen LogP contribution in [-0.4, -0.2) is 38.7 Å². The average molecular weight is 308 g/mol. The van der Waals surface area contributed by atoms with Crippen molar-refractivity contribution in [2.24, 2.45) is 0 Å². The van der Waals surface area contributed by atoms with Gasteiger partial charge >= 0.3 is 0 Å². The highest BCUT2D eigenvalue weighted by Gasteiger charge is 2.12.